The molecule has 1 aromatic carbocycles. The van der Waals surface area contributed by atoms with Gasteiger partial charge in [0.25, 0.3) is 0 Å². The van der Waals surface area contributed by atoms with Crippen molar-refractivity contribution >= 4 is 0 Å². The molecule has 1 aliphatic carbocycles. The molecule has 0 amide bonds. The Balaban J connectivity index is 1.71. The van der Waals surface area contributed by atoms with Gasteiger partial charge in [0.2, 0.25) is 0 Å². The number of unbranched alkanes of at least 4 members (excludes halogenated alkanes) is 1. The quantitative estimate of drug-likeness (QED) is 0.736. The van der Waals surface area contributed by atoms with Gasteiger partial charge in [0.15, 0.2) is 0 Å². The molecule has 1 fully saturated rings. The summed E-state index contributed by atoms with van der Waals surface area (Å²) in [4.78, 5) is 2.54. The summed E-state index contributed by atoms with van der Waals surface area (Å²) in [5.41, 5.74) is 4.87. The molecule has 0 aliphatic heterocycles. The Bertz CT molecular complexity index is 587. The fourth-order valence-electron chi connectivity index (χ4n) is 2.88. The monoisotopic (exact) mass is 299 g/mol. The summed E-state index contributed by atoms with van der Waals surface area (Å²) >= 11 is 0. The first-order valence-corrected chi connectivity index (χ1v) is 8.22. The zero-order valence-corrected chi connectivity index (χ0v) is 13.3. The highest BCUT2D eigenvalue weighted by Crippen LogP contribution is 2.30. The van der Waals surface area contributed by atoms with E-state index in [1.165, 1.54) is 29.5 Å². The molecule has 1 saturated carbocycles. The number of H-pyrrole nitrogens is 1. The van der Waals surface area contributed by atoms with Gasteiger partial charge in [-0.05, 0) is 44.7 Å². The van der Waals surface area contributed by atoms with Gasteiger partial charge in [-0.25, -0.2) is 0 Å². The zero-order chi connectivity index (χ0) is 15.4. The molecule has 0 spiro atoms. The van der Waals surface area contributed by atoms with Crippen LogP contribution in [0.2, 0.25) is 0 Å². The highest BCUT2D eigenvalue weighted by molar-refractivity contribution is 5.62. The summed E-state index contributed by atoms with van der Waals surface area (Å²) in [5.74, 6) is 0. The molecular weight excluding hydrogens is 274 g/mol. The second kappa shape index (κ2) is 7.07. The summed E-state index contributed by atoms with van der Waals surface area (Å²) in [6.45, 7) is 4.39. The number of aliphatic hydroxyl groups is 1. The second-order valence-corrected chi connectivity index (χ2v) is 6.27. The average Bonchev–Trinajstić information content (AvgIpc) is 3.27. The van der Waals surface area contributed by atoms with Crippen molar-refractivity contribution in [3.8, 4) is 11.3 Å². The Morgan fingerprint density at radius 3 is 2.68 bits per heavy atom. The van der Waals surface area contributed by atoms with Gasteiger partial charge >= 0.3 is 0 Å². The average molecular weight is 299 g/mol. The number of aryl methyl sites for hydroxylation is 1. The molecule has 2 N–H and O–H groups in total. The molecule has 0 unspecified atom stereocenters. The van der Waals surface area contributed by atoms with Crippen LogP contribution < -0.4 is 0 Å². The fourth-order valence-corrected chi connectivity index (χ4v) is 2.88. The van der Waals surface area contributed by atoms with Gasteiger partial charge in [-0.1, -0.05) is 29.8 Å². The molecule has 1 aliphatic rings. The maximum absolute atomic E-state index is 8.97. The summed E-state index contributed by atoms with van der Waals surface area (Å²) in [6, 6.07) is 9.30. The van der Waals surface area contributed by atoms with E-state index >= 15 is 0 Å². The number of benzene rings is 1. The SMILES string of the molecule is Cc1ccc(-c2[nH]ncc2CN(CCCCO)C2CC2)cc1. The Labute approximate surface area is 132 Å². The summed E-state index contributed by atoms with van der Waals surface area (Å²) in [6.07, 6.45) is 6.51. The lowest BCUT2D eigenvalue weighted by atomic mass is 10.1. The van der Waals surface area contributed by atoms with Crippen LogP contribution in [0.1, 0.15) is 36.8 Å². The predicted octanol–water partition coefficient (Wildman–Crippen LogP) is 3.12. The maximum atomic E-state index is 8.97. The molecule has 1 aromatic heterocycles. The van der Waals surface area contributed by atoms with E-state index in [9.17, 15) is 0 Å². The maximum Gasteiger partial charge on any atom is 0.0695 e. The van der Waals surface area contributed by atoms with Crippen molar-refractivity contribution in [1.29, 1.82) is 0 Å². The van der Waals surface area contributed by atoms with E-state index in [4.69, 9.17) is 5.11 Å². The number of rotatable bonds is 8. The minimum atomic E-state index is 0.291. The van der Waals surface area contributed by atoms with Crippen LogP contribution in [0.4, 0.5) is 0 Å². The number of aromatic nitrogens is 2. The van der Waals surface area contributed by atoms with Gasteiger partial charge in [0, 0.05) is 24.8 Å². The van der Waals surface area contributed by atoms with Gasteiger partial charge in [-0.2, -0.15) is 5.10 Å². The summed E-state index contributed by atoms with van der Waals surface area (Å²) in [5, 5.41) is 16.4. The van der Waals surface area contributed by atoms with Crippen molar-refractivity contribution in [2.45, 2.75) is 45.2 Å². The molecule has 0 radical (unpaired) electrons. The van der Waals surface area contributed by atoms with Crippen molar-refractivity contribution in [2.75, 3.05) is 13.2 Å². The van der Waals surface area contributed by atoms with Gasteiger partial charge in [0.05, 0.1) is 11.9 Å². The molecule has 4 heteroatoms. The minimum Gasteiger partial charge on any atom is -0.396 e. The Hall–Kier alpha value is -1.65. The van der Waals surface area contributed by atoms with Crippen LogP contribution in [0.3, 0.4) is 0 Å². The van der Waals surface area contributed by atoms with E-state index in [1.807, 2.05) is 6.20 Å². The lowest BCUT2D eigenvalue weighted by Gasteiger charge is -2.21. The van der Waals surface area contributed by atoms with E-state index in [1.54, 1.807) is 0 Å². The molecule has 0 atom stereocenters. The van der Waals surface area contributed by atoms with Crippen LogP contribution in [0.15, 0.2) is 30.5 Å². The van der Waals surface area contributed by atoms with Crippen LogP contribution in [0.5, 0.6) is 0 Å². The third-order valence-electron chi connectivity index (χ3n) is 4.35. The minimum absolute atomic E-state index is 0.291. The van der Waals surface area contributed by atoms with E-state index < -0.39 is 0 Å². The van der Waals surface area contributed by atoms with Crippen LogP contribution in [0, 0.1) is 6.92 Å². The second-order valence-electron chi connectivity index (χ2n) is 6.27. The molecule has 0 bridgehead atoms. The number of hydrogen-bond donors (Lipinski definition) is 2. The lowest BCUT2D eigenvalue weighted by Crippen LogP contribution is -2.27. The Morgan fingerprint density at radius 2 is 2.00 bits per heavy atom. The summed E-state index contributed by atoms with van der Waals surface area (Å²) in [7, 11) is 0. The van der Waals surface area contributed by atoms with Crippen molar-refractivity contribution in [1.82, 2.24) is 15.1 Å². The number of aromatic amines is 1. The van der Waals surface area contributed by atoms with E-state index in [-0.39, 0.29) is 0 Å². The largest absolute Gasteiger partial charge is 0.396 e. The normalized spacial score (nSPS) is 14.7. The molecule has 22 heavy (non-hydrogen) atoms. The number of nitrogens with zero attached hydrogens (tertiary/aromatic N) is 2. The highest BCUT2D eigenvalue weighted by atomic mass is 16.2. The van der Waals surface area contributed by atoms with Crippen molar-refractivity contribution in [3.63, 3.8) is 0 Å². The number of aliphatic hydroxyl groups excluding tert-OH is 1. The molecule has 4 nitrogen and oxygen atoms in total. The Morgan fingerprint density at radius 1 is 1.23 bits per heavy atom. The number of nitrogens with one attached hydrogen (secondary N) is 1. The first-order chi connectivity index (χ1) is 10.8. The van der Waals surface area contributed by atoms with Crippen LogP contribution in [-0.4, -0.2) is 39.4 Å². The molecular formula is C18H25N3O. The lowest BCUT2D eigenvalue weighted by molar-refractivity contribution is 0.229. The van der Waals surface area contributed by atoms with Gasteiger partial charge in [-0.15, -0.1) is 0 Å². The van der Waals surface area contributed by atoms with Crippen molar-refractivity contribution in [3.05, 3.63) is 41.6 Å². The summed E-state index contributed by atoms with van der Waals surface area (Å²) < 4.78 is 0. The van der Waals surface area contributed by atoms with Crippen LogP contribution in [-0.2, 0) is 6.54 Å². The van der Waals surface area contributed by atoms with E-state index in [0.29, 0.717) is 6.61 Å². The molecule has 3 rings (SSSR count). The smallest absolute Gasteiger partial charge is 0.0695 e. The predicted molar refractivity (Wildman–Crippen MR) is 88.5 cm³/mol. The first-order valence-electron chi connectivity index (χ1n) is 8.22. The fraction of sp³-hybridized carbons (Fsp3) is 0.500. The van der Waals surface area contributed by atoms with Crippen LogP contribution >= 0.6 is 0 Å². The Kier molecular flexibility index (Phi) is 4.90. The first kappa shape index (κ1) is 15.3. The topological polar surface area (TPSA) is 52.2 Å². The van der Waals surface area contributed by atoms with Crippen LogP contribution in [0.25, 0.3) is 11.3 Å². The molecule has 0 saturated heterocycles. The van der Waals surface area contributed by atoms with Crippen molar-refractivity contribution in [2.24, 2.45) is 0 Å². The van der Waals surface area contributed by atoms with E-state index in [0.717, 1.165) is 37.7 Å². The molecule has 118 valence electrons. The number of hydrogen-bond acceptors (Lipinski definition) is 3. The third-order valence-corrected chi connectivity index (χ3v) is 4.35. The standard InChI is InChI=1S/C18H25N3O/c1-14-4-6-15(7-5-14)18-16(12-19-20-18)13-21(17-8-9-17)10-2-3-11-22/h4-7,12,17,22H,2-3,8-11,13H2,1H3,(H,19,20). The highest BCUT2D eigenvalue weighted by Gasteiger charge is 2.29. The molecule has 2 aromatic rings. The van der Waals surface area contributed by atoms with E-state index in [2.05, 4.69) is 46.3 Å². The third kappa shape index (κ3) is 3.76. The van der Waals surface area contributed by atoms with Gasteiger partial charge < -0.3 is 5.11 Å². The van der Waals surface area contributed by atoms with Crippen molar-refractivity contribution < 1.29 is 5.11 Å². The van der Waals surface area contributed by atoms with Gasteiger partial charge in [0.1, 0.15) is 0 Å². The van der Waals surface area contributed by atoms with Gasteiger partial charge in [-0.3, -0.25) is 10.00 Å². The molecule has 1 heterocycles. The zero-order valence-electron chi connectivity index (χ0n) is 13.3.